The molecule has 0 aliphatic rings. The maximum absolute atomic E-state index is 11.0. The Morgan fingerprint density at radius 3 is 2.48 bits per heavy atom. The molecule has 0 bridgehead atoms. The van der Waals surface area contributed by atoms with Crippen molar-refractivity contribution >= 4 is 11.8 Å². The van der Waals surface area contributed by atoms with Gasteiger partial charge in [0.1, 0.15) is 11.9 Å². The molecule has 0 saturated carbocycles. The maximum Gasteiger partial charge on any atom is 0.323 e. The predicted octanol–water partition coefficient (Wildman–Crippen LogP) is 3.21. The van der Waals surface area contributed by atoms with Crippen LogP contribution in [0.25, 0.3) is 11.1 Å². The summed E-state index contributed by atoms with van der Waals surface area (Å²) in [5.41, 5.74) is 5.46. The fraction of sp³-hybridized carbons (Fsp3) is 0.250. The molecule has 0 unspecified atom stereocenters. The van der Waals surface area contributed by atoms with Crippen LogP contribution in [-0.4, -0.2) is 40.9 Å². The van der Waals surface area contributed by atoms with Crippen LogP contribution in [0.5, 0.6) is 5.88 Å². The lowest BCUT2D eigenvalue weighted by Gasteiger charge is -2.15. The molecule has 0 spiro atoms. The fourth-order valence-corrected chi connectivity index (χ4v) is 3.33. The summed E-state index contributed by atoms with van der Waals surface area (Å²) in [5.74, 6) is -0.0581. The number of nitrogens with zero attached hydrogens (tertiary/aromatic N) is 1. The molecular formula is C24H27N3O4. The highest BCUT2D eigenvalue weighted by Gasteiger charge is 2.16. The number of aromatic nitrogens is 1. The number of pyridine rings is 1. The van der Waals surface area contributed by atoms with E-state index >= 15 is 0 Å². The van der Waals surface area contributed by atoms with E-state index in [0.717, 1.165) is 0 Å². The fourth-order valence-electron chi connectivity index (χ4n) is 3.33. The van der Waals surface area contributed by atoms with Gasteiger partial charge >= 0.3 is 5.97 Å². The molecule has 0 aliphatic carbocycles. The highest BCUT2D eigenvalue weighted by molar-refractivity contribution is 5.73. The number of benzene rings is 2. The third-order valence-electron chi connectivity index (χ3n) is 5.14. The highest BCUT2D eigenvalue weighted by atomic mass is 16.5. The number of aliphatic carboxylic acids is 1. The molecule has 1 heterocycles. The molecular weight excluding hydrogens is 394 g/mol. The molecule has 4 N–H and O–H groups in total. The van der Waals surface area contributed by atoms with Gasteiger partial charge in [-0.15, -0.1) is 0 Å². The van der Waals surface area contributed by atoms with Gasteiger partial charge < -0.3 is 20.3 Å². The zero-order chi connectivity index (χ0) is 22.2. The second-order valence-electron chi connectivity index (χ2n) is 7.13. The van der Waals surface area contributed by atoms with Gasteiger partial charge in [0.2, 0.25) is 5.88 Å². The quantitative estimate of drug-likeness (QED) is 0.398. The van der Waals surface area contributed by atoms with Crippen molar-refractivity contribution in [3.63, 3.8) is 0 Å². The maximum atomic E-state index is 11.0. The van der Waals surface area contributed by atoms with Gasteiger partial charge in [-0.25, -0.2) is 0 Å². The number of carbonyl (C=O) groups is 1. The molecule has 3 rings (SSSR count). The molecule has 31 heavy (non-hydrogen) atoms. The Morgan fingerprint density at radius 1 is 1.03 bits per heavy atom. The van der Waals surface area contributed by atoms with Crippen molar-refractivity contribution in [2.75, 3.05) is 19.0 Å². The van der Waals surface area contributed by atoms with Crippen LogP contribution < -0.4 is 15.4 Å². The number of aliphatic hydroxyl groups excluding tert-OH is 1. The average molecular weight is 421 g/mol. The van der Waals surface area contributed by atoms with Crippen LogP contribution in [0.4, 0.5) is 5.82 Å². The van der Waals surface area contributed by atoms with E-state index in [1.165, 1.54) is 29.4 Å². The number of aliphatic hydroxyl groups is 1. The first-order chi connectivity index (χ1) is 15.0. The third kappa shape index (κ3) is 5.59. The van der Waals surface area contributed by atoms with E-state index in [0.29, 0.717) is 23.8 Å². The molecule has 0 radical (unpaired) electrons. The minimum absolute atomic E-state index is 0.214. The number of hydrogen-bond acceptors (Lipinski definition) is 6. The molecule has 1 atom stereocenters. The van der Waals surface area contributed by atoms with Crippen molar-refractivity contribution in [3.8, 4) is 17.0 Å². The number of carboxylic acids is 1. The molecule has 1 aromatic heterocycles. The van der Waals surface area contributed by atoms with Crippen molar-refractivity contribution in [3.05, 3.63) is 77.4 Å². The van der Waals surface area contributed by atoms with E-state index in [4.69, 9.17) is 14.9 Å². The SMILES string of the molecule is COc1nc(NCc2cccc(-c3ccccc3)c2C)ccc1CN[C@H](CO)C(=O)O. The van der Waals surface area contributed by atoms with E-state index in [-0.39, 0.29) is 6.54 Å². The Labute approximate surface area is 181 Å². The van der Waals surface area contributed by atoms with Crippen LogP contribution in [-0.2, 0) is 17.9 Å². The Bertz CT molecular complexity index is 1020. The minimum atomic E-state index is -1.11. The van der Waals surface area contributed by atoms with Crippen LogP contribution in [0.3, 0.4) is 0 Å². The Morgan fingerprint density at radius 2 is 1.81 bits per heavy atom. The van der Waals surface area contributed by atoms with Crippen molar-refractivity contribution in [1.82, 2.24) is 10.3 Å². The summed E-state index contributed by atoms with van der Waals surface area (Å²) >= 11 is 0. The van der Waals surface area contributed by atoms with Crippen LogP contribution in [0, 0.1) is 6.92 Å². The van der Waals surface area contributed by atoms with E-state index in [9.17, 15) is 4.79 Å². The average Bonchev–Trinajstić information content (AvgIpc) is 2.79. The standard InChI is InChI=1S/C24H27N3O4/c1-16-18(9-6-10-20(16)17-7-4-3-5-8-17)13-26-22-12-11-19(23(27-22)31-2)14-25-21(15-28)24(29)30/h3-12,21,25,28H,13-15H2,1-2H3,(H,26,27)(H,29,30)/t21-/m1/s1. The van der Waals surface area contributed by atoms with Gasteiger partial charge in [0.25, 0.3) is 0 Å². The van der Waals surface area contributed by atoms with Crippen LogP contribution in [0.15, 0.2) is 60.7 Å². The highest BCUT2D eigenvalue weighted by Crippen LogP contribution is 2.26. The number of ether oxygens (including phenoxy) is 1. The third-order valence-corrected chi connectivity index (χ3v) is 5.14. The van der Waals surface area contributed by atoms with E-state index < -0.39 is 18.6 Å². The molecule has 0 amide bonds. The van der Waals surface area contributed by atoms with Crippen LogP contribution in [0.2, 0.25) is 0 Å². The summed E-state index contributed by atoms with van der Waals surface area (Å²) in [6.45, 7) is 2.44. The number of hydrogen-bond donors (Lipinski definition) is 4. The summed E-state index contributed by atoms with van der Waals surface area (Å²) in [6.07, 6.45) is 0. The van der Waals surface area contributed by atoms with Crippen molar-refractivity contribution in [2.24, 2.45) is 0 Å². The first kappa shape index (κ1) is 22.3. The Balaban J connectivity index is 1.70. The first-order valence-corrected chi connectivity index (χ1v) is 10.0. The molecule has 7 heteroatoms. The Hall–Kier alpha value is -3.42. The van der Waals surface area contributed by atoms with Crippen molar-refractivity contribution < 1.29 is 19.7 Å². The Kier molecular flexibility index (Phi) is 7.59. The molecule has 0 fully saturated rings. The smallest absolute Gasteiger partial charge is 0.323 e. The van der Waals surface area contributed by atoms with Crippen LogP contribution in [0.1, 0.15) is 16.7 Å². The van der Waals surface area contributed by atoms with Gasteiger partial charge in [0.15, 0.2) is 0 Å². The number of nitrogens with one attached hydrogen (secondary N) is 2. The molecule has 162 valence electrons. The number of methoxy groups -OCH3 is 1. The van der Waals surface area contributed by atoms with E-state index in [1.807, 2.05) is 30.3 Å². The normalized spacial score (nSPS) is 11.7. The van der Waals surface area contributed by atoms with Crippen molar-refractivity contribution in [1.29, 1.82) is 0 Å². The summed E-state index contributed by atoms with van der Waals surface area (Å²) < 4.78 is 5.36. The monoisotopic (exact) mass is 421 g/mol. The van der Waals surface area contributed by atoms with E-state index in [2.05, 4.69) is 52.9 Å². The molecule has 0 saturated heterocycles. The largest absolute Gasteiger partial charge is 0.481 e. The van der Waals surface area contributed by atoms with Gasteiger partial charge in [0, 0.05) is 18.7 Å². The molecule has 2 aromatic carbocycles. The minimum Gasteiger partial charge on any atom is -0.481 e. The van der Waals surface area contributed by atoms with Crippen LogP contribution >= 0.6 is 0 Å². The first-order valence-electron chi connectivity index (χ1n) is 10.0. The second kappa shape index (κ2) is 10.6. The summed E-state index contributed by atoms with van der Waals surface area (Å²) in [7, 11) is 1.52. The lowest BCUT2D eigenvalue weighted by Crippen LogP contribution is -2.39. The summed E-state index contributed by atoms with van der Waals surface area (Å²) in [6, 6.07) is 19.1. The zero-order valence-corrected chi connectivity index (χ0v) is 17.6. The molecule has 3 aromatic rings. The van der Waals surface area contributed by atoms with Gasteiger partial charge in [0.05, 0.1) is 13.7 Å². The van der Waals surface area contributed by atoms with E-state index in [1.54, 1.807) is 0 Å². The molecule has 7 nitrogen and oxygen atoms in total. The zero-order valence-electron chi connectivity index (χ0n) is 17.6. The topological polar surface area (TPSA) is 104 Å². The number of carboxylic acid groups (broad SMARTS) is 1. The van der Waals surface area contributed by atoms with Crippen molar-refractivity contribution in [2.45, 2.75) is 26.1 Å². The van der Waals surface area contributed by atoms with Gasteiger partial charge in [-0.3, -0.25) is 10.1 Å². The molecule has 0 aliphatic heterocycles. The van der Waals surface area contributed by atoms with Gasteiger partial charge in [-0.2, -0.15) is 4.98 Å². The second-order valence-corrected chi connectivity index (χ2v) is 7.13. The van der Waals surface area contributed by atoms with Gasteiger partial charge in [-0.1, -0.05) is 48.5 Å². The summed E-state index contributed by atoms with van der Waals surface area (Å²) in [4.78, 5) is 15.5. The lowest BCUT2D eigenvalue weighted by atomic mass is 9.96. The number of anilines is 1. The van der Waals surface area contributed by atoms with Gasteiger partial charge in [-0.05, 0) is 41.3 Å². The number of rotatable bonds is 10. The summed E-state index contributed by atoms with van der Waals surface area (Å²) in [5, 5.41) is 24.3. The lowest BCUT2D eigenvalue weighted by molar-refractivity contribution is -0.140. The predicted molar refractivity (Wildman–Crippen MR) is 120 cm³/mol.